The molecule has 4 heteroatoms. The predicted molar refractivity (Wildman–Crippen MR) is 94.8 cm³/mol. The quantitative estimate of drug-likeness (QED) is 0.912. The first-order valence-electron chi connectivity index (χ1n) is 8.67. The van der Waals surface area contributed by atoms with E-state index in [-0.39, 0.29) is 16.7 Å². The predicted octanol–water partition coefficient (Wildman–Crippen LogP) is 3.61. The van der Waals surface area contributed by atoms with Gasteiger partial charge in [0.05, 0.1) is 5.41 Å². The van der Waals surface area contributed by atoms with Gasteiger partial charge < -0.3 is 10.2 Å². The molecule has 0 spiro atoms. The van der Waals surface area contributed by atoms with Crippen LogP contribution >= 0.6 is 11.6 Å². The van der Waals surface area contributed by atoms with Gasteiger partial charge in [0, 0.05) is 11.6 Å². The lowest BCUT2D eigenvalue weighted by Crippen LogP contribution is -2.52. The zero-order valence-corrected chi connectivity index (χ0v) is 15.0. The van der Waals surface area contributed by atoms with Gasteiger partial charge in [0.2, 0.25) is 5.91 Å². The van der Waals surface area contributed by atoms with E-state index in [0.29, 0.717) is 5.02 Å². The van der Waals surface area contributed by atoms with Crippen LogP contribution in [0.5, 0.6) is 0 Å². The number of likely N-dealkylation sites (tertiary alicyclic amines) is 1. The van der Waals surface area contributed by atoms with Crippen LogP contribution in [-0.2, 0) is 10.2 Å². The minimum absolute atomic E-state index is 0.186. The first-order chi connectivity index (χ1) is 10.9. The molecule has 1 aliphatic carbocycles. The standard InChI is InChI=1S/C19H27ClN2O/c1-18(9-11-22(2)12-10-18)14-21-17(23)19(7-4-8-19)15-5-3-6-16(20)13-15/h3,5-6,13H,4,7-12,14H2,1-2H3,(H,21,23). The van der Waals surface area contributed by atoms with Crippen LogP contribution in [0.1, 0.15) is 44.6 Å². The minimum Gasteiger partial charge on any atom is -0.355 e. The van der Waals surface area contributed by atoms with Crippen molar-refractivity contribution in [2.24, 2.45) is 5.41 Å². The van der Waals surface area contributed by atoms with Crippen LogP contribution in [0.3, 0.4) is 0 Å². The number of rotatable bonds is 4. The van der Waals surface area contributed by atoms with Crippen LogP contribution in [-0.4, -0.2) is 37.5 Å². The van der Waals surface area contributed by atoms with Crippen LogP contribution in [0.25, 0.3) is 0 Å². The summed E-state index contributed by atoms with van der Waals surface area (Å²) in [5.41, 5.74) is 0.941. The van der Waals surface area contributed by atoms with Gasteiger partial charge in [0.15, 0.2) is 0 Å². The second kappa shape index (κ2) is 6.45. The highest BCUT2D eigenvalue weighted by Crippen LogP contribution is 2.44. The molecule has 0 radical (unpaired) electrons. The highest BCUT2D eigenvalue weighted by Gasteiger charge is 2.46. The van der Waals surface area contributed by atoms with E-state index in [1.807, 2.05) is 24.3 Å². The highest BCUT2D eigenvalue weighted by atomic mass is 35.5. The van der Waals surface area contributed by atoms with Crippen LogP contribution in [0.4, 0.5) is 0 Å². The first kappa shape index (κ1) is 16.8. The molecular formula is C19H27ClN2O. The highest BCUT2D eigenvalue weighted by molar-refractivity contribution is 6.30. The Kier molecular flexibility index (Phi) is 4.70. The number of hydrogen-bond donors (Lipinski definition) is 1. The average Bonchev–Trinajstić information content (AvgIpc) is 2.48. The zero-order chi connectivity index (χ0) is 16.5. The van der Waals surface area contributed by atoms with Crippen molar-refractivity contribution < 1.29 is 4.79 Å². The molecule has 0 bridgehead atoms. The number of piperidine rings is 1. The van der Waals surface area contributed by atoms with E-state index in [1.54, 1.807) is 0 Å². The normalized spacial score (nSPS) is 23.1. The van der Waals surface area contributed by atoms with Gasteiger partial charge >= 0.3 is 0 Å². The van der Waals surface area contributed by atoms with Crippen LogP contribution in [0.15, 0.2) is 24.3 Å². The van der Waals surface area contributed by atoms with E-state index >= 15 is 0 Å². The van der Waals surface area contributed by atoms with Crippen LogP contribution in [0, 0.1) is 5.41 Å². The van der Waals surface area contributed by atoms with Crippen molar-refractivity contribution in [3.63, 3.8) is 0 Å². The number of hydrogen-bond acceptors (Lipinski definition) is 2. The second-order valence-electron chi connectivity index (χ2n) is 7.74. The van der Waals surface area contributed by atoms with E-state index in [0.717, 1.165) is 57.3 Å². The number of carbonyl (C=O) groups excluding carboxylic acids is 1. The molecule has 2 fully saturated rings. The Morgan fingerprint density at radius 1 is 1.26 bits per heavy atom. The van der Waals surface area contributed by atoms with Crippen molar-refractivity contribution in [1.82, 2.24) is 10.2 Å². The SMILES string of the molecule is CN1CCC(C)(CNC(=O)C2(c3cccc(Cl)c3)CCC2)CC1. The van der Waals surface area contributed by atoms with Crippen molar-refractivity contribution >= 4 is 17.5 Å². The molecule has 3 rings (SSSR count). The van der Waals surface area contributed by atoms with Gasteiger partial charge in [-0.05, 0) is 68.9 Å². The van der Waals surface area contributed by atoms with E-state index < -0.39 is 0 Å². The molecular weight excluding hydrogens is 308 g/mol. The van der Waals surface area contributed by atoms with E-state index in [1.165, 1.54) is 0 Å². The third kappa shape index (κ3) is 3.41. The van der Waals surface area contributed by atoms with Crippen molar-refractivity contribution in [3.8, 4) is 0 Å². The molecule has 1 saturated heterocycles. The molecule has 1 aromatic rings. The van der Waals surface area contributed by atoms with E-state index in [9.17, 15) is 4.79 Å². The van der Waals surface area contributed by atoms with Crippen molar-refractivity contribution in [2.45, 2.75) is 44.4 Å². The Morgan fingerprint density at radius 3 is 2.52 bits per heavy atom. The molecule has 0 unspecified atom stereocenters. The Balaban J connectivity index is 1.67. The number of nitrogens with zero attached hydrogens (tertiary/aromatic N) is 1. The van der Waals surface area contributed by atoms with E-state index in [2.05, 4.69) is 24.2 Å². The summed E-state index contributed by atoms with van der Waals surface area (Å²) in [7, 11) is 2.17. The number of carbonyl (C=O) groups is 1. The average molecular weight is 335 g/mol. The minimum atomic E-state index is -0.354. The third-order valence-corrected chi connectivity index (χ3v) is 6.12. The lowest BCUT2D eigenvalue weighted by atomic mass is 9.63. The van der Waals surface area contributed by atoms with Crippen molar-refractivity contribution in [2.75, 3.05) is 26.7 Å². The summed E-state index contributed by atoms with van der Waals surface area (Å²) in [5, 5.41) is 3.98. The summed E-state index contributed by atoms with van der Waals surface area (Å²) in [6.45, 7) is 5.31. The molecule has 1 heterocycles. The van der Waals surface area contributed by atoms with Gasteiger partial charge in [-0.3, -0.25) is 4.79 Å². The maximum absolute atomic E-state index is 12.9. The molecule has 0 atom stereocenters. The number of nitrogens with one attached hydrogen (secondary N) is 1. The summed E-state index contributed by atoms with van der Waals surface area (Å²) < 4.78 is 0. The molecule has 23 heavy (non-hydrogen) atoms. The van der Waals surface area contributed by atoms with Crippen molar-refractivity contribution in [1.29, 1.82) is 0 Å². The molecule has 2 aliphatic rings. The van der Waals surface area contributed by atoms with E-state index in [4.69, 9.17) is 11.6 Å². The lowest BCUT2D eigenvalue weighted by Gasteiger charge is -2.43. The molecule has 1 N–H and O–H groups in total. The number of halogens is 1. The molecule has 126 valence electrons. The second-order valence-corrected chi connectivity index (χ2v) is 8.18. The zero-order valence-electron chi connectivity index (χ0n) is 14.2. The molecule has 0 aromatic heterocycles. The van der Waals surface area contributed by atoms with Crippen molar-refractivity contribution in [3.05, 3.63) is 34.9 Å². The van der Waals surface area contributed by atoms with Gasteiger partial charge in [0.25, 0.3) is 0 Å². The van der Waals surface area contributed by atoms with Gasteiger partial charge in [0.1, 0.15) is 0 Å². The number of amides is 1. The smallest absolute Gasteiger partial charge is 0.230 e. The Labute approximate surface area is 144 Å². The maximum atomic E-state index is 12.9. The Hall–Kier alpha value is -1.06. The Bertz CT molecular complexity index is 574. The fourth-order valence-corrected chi connectivity index (χ4v) is 3.95. The summed E-state index contributed by atoms with van der Waals surface area (Å²) in [6.07, 6.45) is 5.27. The maximum Gasteiger partial charge on any atom is 0.230 e. The summed E-state index contributed by atoms with van der Waals surface area (Å²) in [5.74, 6) is 0.186. The Morgan fingerprint density at radius 2 is 1.96 bits per heavy atom. The molecule has 3 nitrogen and oxygen atoms in total. The molecule has 1 aromatic carbocycles. The topological polar surface area (TPSA) is 32.3 Å². The summed E-state index contributed by atoms with van der Waals surface area (Å²) in [6, 6.07) is 7.82. The monoisotopic (exact) mass is 334 g/mol. The van der Waals surface area contributed by atoms with Crippen LogP contribution in [0.2, 0.25) is 5.02 Å². The molecule has 1 saturated carbocycles. The molecule has 1 amide bonds. The molecule has 1 aliphatic heterocycles. The first-order valence-corrected chi connectivity index (χ1v) is 9.04. The largest absolute Gasteiger partial charge is 0.355 e. The summed E-state index contributed by atoms with van der Waals surface area (Å²) in [4.78, 5) is 15.3. The van der Waals surface area contributed by atoms with Gasteiger partial charge in [-0.15, -0.1) is 0 Å². The van der Waals surface area contributed by atoms with Gasteiger partial charge in [-0.2, -0.15) is 0 Å². The number of benzene rings is 1. The lowest BCUT2D eigenvalue weighted by molar-refractivity contribution is -0.130. The third-order valence-electron chi connectivity index (χ3n) is 5.89. The van der Waals surface area contributed by atoms with Gasteiger partial charge in [-0.1, -0.05) is 37.1 Å². The summed E-state index contributed by atoms with van der Waals surface area (Å²) >= 11 is 6.13. The van der Waals surface area contributed by atoms with Crippen LogP contribution < -0.4 is 5.32 Å². The fourth-order valence-electron chi connectivity index (χ4n) is 3.76. The fraction of sp³-hybridized carbons (Fsp3) is 0.632. The van der Waals surface area contributed by atoms with Gasteiger partial charge in [-0.25, -0.2) is 0 Å².